The normalized spacial score (nSPS) is 15.0. The average molecular weight is 374 g/mol. The van der Waals surface area contributed by atoms with Crippen LogP contribution in [0.25, 0.3) is 38.3 Å². The molecule has 0 spiro atoms. The SMILES string of the molecule is BrC1=CC=C(n2c3ccccc3c3ccc4ccccc4c32)CC1. The number of benzene rings is 3. The average Bonchev–Trinajstić information content (AvgIpc) is 2.97. The fraction of sp³-hybridized carbons (Fsp3) is 0.0909. The van der Waals surface area contributed by atoms with Gasteiger partial charge in [0.25, 0.3) is 0 Å². The summed E-state index contributed by atoms with van der Waals surface area (Å²) in [6.45, 7) is 0. The van der Waals surface area contributed by atoms with E-state index in [1.165, 1.54) is 42.8 Å². The number of para-hydroxylation sites is 1. The summed E-state index contributed by atoms with van der Waals surface area (Å²) in [5, 5.41) is 5.27. The van der Waals surface area contributed by atoms with Crippen LogP contribution < -0.4 is 0 Å². The molecule has 2 heteroatoms. The maximum atomic E-state index is 3.63. The van der Waals surface area contributed by atoms with Crippen LogP contribution in [0.15, 0.2) is 77.3 Å². The van der Waals surface area contributed by atoms with E-state index in [9.17, 15) is 0 Å². The van der Waals surface area contributed by atoms with Crippen LogP contribution in [-0.2, 0) is 0 Å². The minimum atomic E-state index is 1.05. The standard InChI is InChI=1S/C22H16BrN/c23-16-10-12-17(13-11-16)24-21-8-4-3-7-19(21)20-14-9-15-5-1-2-6-18(15)22(20)24/h1-10,12,14H,11,13H2. The zero-order chi connectivity index (χ0) is 16.1. The third-order valence-corrected chi connectivity index (χ3v) is 5.58. The molecular formula is C22H16BrN. The Morgan fingerprint density at radius 2 is 1.50 bits per heavy atom. The van der Waals surface area contributed by atoms with Gasteiger partial charge in [0.1, 0.15) is 0 Å². The van der Waals surface area contributed by atoms with Gasteiger partial charge < -0.3 is 4.57 Å². The zero-order valence-electron chi connectivity index (χ0n) is 13.2. The molecule has 0 bridgehead atoms. The van der Waals surface area contributed by atoms with Crippen LogP contribution in [0.2, 0.25) is 0 Å². The van der Waals surface area contributed by atoms with Gasteiger partial charge in [-0.3, -0.25) is 0 Å². The van der Waals surface area contributed by atoms with Gasteiger partial charge in [0.15, 0.2) is 0 Å². The maximum Gasteiger partial charge on any atom is 0.0616 e. The predicted octanol–water partition coefficient (Wildman–Crippen LogP) is 6.86. The van der Waals surface area contributed by atoms with Gasteiger partial charge in [0.2, 0.25) is 0 Å². The van der Waals surface area contributed by atoms with Crippen molar-refractivity contribution in [1.82, 2.24) is 4.57 Å². The van der Waals surface area contributed by atoms with Crippen LogP contribution in [0.1, 0.15) is 12.8 Å². The molecule has 0 saturated heterocycles. The van der Waals surface area contributed by atoms with Gasteiger partial charge in [-0.15, -0.1) is 0 Å². The lowest BCUT2D eigenvalue weighted by Crippen LogP contribution is -2.00. The first-order valence-corrected chi connectivity index (χ1v) is 9.09. The fourth-order valence-electron chi connectivity index (χ4n) is 3.82. The highest BCUT2D eigenvalue weighted by molar-refractivity contribution is 9.11. The topological polar surface area (TPSA) is 4.93 Å². The fourth-order valence-corrected chi connectivity index (χ4v) is 4.15. The van der Waals surface area contributed by atoms with Crippen LogP contribution in [0.3, 0.4) is 0 Å². The smallest absolute Gasteiger partial charge is 0.0616 e. The van der Waals surface area contributed by atoms with Gasteiger partial charge in [-0.1, -0.05) is 76.6 Å². The van der Waals surface area contributed by atoms with Gasteiger partial charge in [0, 0.05) is 21.9 Å². The Morgan fingerprint density at radius 1 is 0.708 bits per heavy atom. The first kappa shape index (κ1) is 14.1. The van der Waals surface area contributed by atoms with Crippen molar-refractivity contribution in [3.63, 3.8) is 0 Å². The zero-order valence-corrected chi connectivity index (χ0v) is 14.8. The van der Waals surface area contributed by atoms with Gasteiger partial charge in [-0.2, -0.15) is 0 Å². The molecule has 0 radical (unpaired) electrons. The van der Waals surface area contributed by atoms with Gasteiger partial charge in [0.05, 0.1) is 11.0 Å². The number of aromatic nitrogens is 1. The highest BCUT2D eigenvalue weighted by Gasteiger charge is 2.16. The molecule has 116 valence electrons. The van der Waals surface area contributed by atoms with Gasteiger partial charge in [-0.25, -0.2) is 0 Å². The molecule has 0 amide bonds. The highest BCUT2D eigenvalue weighted by Crippen LogP contribution is 2.38. The van der Waals surface area contributed by atoms with Crippen molar-refractivity contribution in [2.45, 2.75) is 12.8 Å². The van der Waals surface area contributed by atoms with Crippen LogP contribution in [-0.4, -0.2) is 4.57 Å². The Bertz CT molecular complexity index is 1160. The number of nitrogens with zero attached hydrogens (tertiary/aromatic N) is 1. The molecule has 5 rings (SSSR count). The summed E-state index contributed by atoms with van der Waals surface area (Å²) in [6, 6.07) is 21.9. The second-order valence-corrected chi connectivity index (χ2v) is 7.33. The van der Waals surface area contributed by atoms with Crippen molar-refractivity contribution in [2.75, 3.05) is 0 Å². The largest absolute Gasteiger partial charge is 0.312 e. The third kappa shape index (κ3) is 1.99. The van der Waals surface area contributed by atoms with Crippen LogP contribution in [0.5, 0.6) is 0 Å². The Morgan fingerprint density at radius 3 is 2.33 bits per heavy atom. The molecule has 0 N–H and O–H groups in total. The minimum Gasteiger partial charge on any atom is -0.312 e. The number of rotatable bonds is 1. The number of allylic oxidation sites excluding steroid dienone is 4. The summed E-state index contributed by atoms with van der Waals surface area (Å²) in [5.41, 5.74) is 3.98. The molecule has 0 fully saturated rings. The van der Waals surface area contributed by atoms with Crippen molar-refractivity contribution < 1.29 is 0 Å². The minimum absolute atomic E-state index is 1.05. The van der Waals surface area contributed by atoms with E-state index in [4.69, 9.17) is 0 Å². The molecule has 0 unspecified atom stereocenters. The van der Waals surface area contributed by atoms with Gasteiger partial charge >= 0.3 is 0 Å². The molecule has 1 aliphatic carbocycles. The Kier molecular flexibility index (Phi) is 3.14. The van der Waals surface area contributed by atoms with E-state index in [1.54, 1.807) is 0 Å². The molecule has 0 atom stereocenters. The van der Waals surface area contributed by atoms with Crippen LogP contribution in [0, 0.1) is 0 Å². The molecule has 4 aromatic rings. The molecule has 3 aromatic carbocycles. The Labute approximate surface area is 149 Å². The van der Waals surface area contributed by atoms with Crippen molar-refractivity contribution in [3.05, 3.63) is 77.3 Å². The highest BCUT2D eigenvalue weighted by atomic mass is 79.9. The number of hydrogen-bond donors (Lipinski definition) is 0. The summed E-state index contributed by atoms with van der Waals surface area (Å²) in [4.78, 5) is 0. The molecule has 1 aromatic heterocycles. The quantitative estimate of drug-likeness (QED) is 0.343. The Balaban J connectivity index is 2.00. The second-order valence-electron chi connectivity index (χ2n) is 6.31. The number of fused-ring (bicyclic) bond motifs is 5. The van der Waals surface area contributed by atoms with Crippen molar-refractivity contribution >= 4 is 54.2 Å². The van der Waals surface area contributed by atoms with E-state index >= 15 is 0 Å². The monoisotopic (exact) mass is 373 g/mol. The van der Waals surface area contributed by atoms with E-state index < -0.39 is 0 Å². The van der Waals surface area contributed by atoms with Crippen molar-refractivity contribution in [3.8, 4) is 0 Å². The summed E-state index contributed by atoms with van der Waals surface area (Å²) < 4.78 is 3.74. The summed E-state index contributed by atoms with van der Waals surface area (Å²) >= 11 is 3.63. The first-order chi connectivity index (χ1) is 11.8. The van der Waals surface area contributed by atoms with Crippen molar-refractivity contribution in [2.24, 2.45) is 0 Å². The van der Waals surface area contributed by atoms with E-state index in [2.05, 4.69) is 93.3 Å². The number of halogens is 1. The van der Waals surface area contributed by atoms with E-state index in [0.29, 0.717) is 0 Å². The molecule has 24 heavy (non-hydrogen) atoms. The molecule has 1 heterocycles. The predicted molar refractivity (Wildman–Crippen MR) is 107 cm³/mol. The first-order valence-electron chi connectivity index (χ1n) is 8.29. The molecule has 1 aliphatic rings. The van der Waals surface area contributed by atoms with Crippen molar-refractivity contribution in [1.29, 1.82) is 0 Å². The lowest BCUT2D eigenvalue weighted by Gasteiger charge is -2.16. The second kappa shape index (κ2) is 5.35. The summed E-state index contributed by atoms with van der Waals surface area (Å²) in [7, 11) is 0. The summed E-state index contributed by atoms with van der Waals surface area (Å²) in [5.74, 6) is 0. The third-order valence-electron chi connectivity index (χ3n) is 4.92. The van der Waals surface area contributed by atoms with E-state index in [-0.39, 0.29) is 0 Å². The van der Waals surface area contributed by atoms with Gasteiger partial charge in [-0.05, 0) is 34.9 Å². The van der Waals surface area contributed by atoms with Crippen LogP contribution >= 0.6 is 15.9 Å². The Hall–Kier alpha value is -2.32. The molecule has 1 nitrogen and oxygen atoms in total. The molecule has 0 saturated carbocycles. The lowest BCUT2D eigenvalue weighted by atomic mass is 10.1. The molecule has 0 aliphatic heterocycles. The van der Waals surface area contributed by atoms with E-state index in [0.717, 1.165) is 12.8 Å². The lowest BCUT2D eigenvalue weighted by molar-refractivity contribution is 0.973. The van der Waals surface area contributed by atoms with E-state index in [1.807, 2.05) is 0 Å². The summed E-state index contributed by atoms with van der Waals surface area (Å²) in [6.07, 6.45) is 6.55. The maximum absolute atomic E-state index is 3.63. The molecular weight excluding hydrogens is 358 g/mol. The number of hydrogen-bond acceptors (Lipinski definition) is 0. The van der Waals surface area contributed by atoms with Crippen LogP contribution in [0.4, 0.5) is 0 Å².